The van der Waals surface area contributed by atoms with Gasteiger partial charge in [0, 0.05) is 18.7 Å². The van der Waals surface area contributed by atoms with Crippen LogP contribution >= 0.6 is 0 Å². The molecule has 0 aliphatic heterocycles. The summed E-state index contributed by atoms with van der Waals surface area (Å²) in [7, 11) is 1.59. The molecule has 0 saturated heterocycles. The van der Waals surface area contributed by atoms with Crippen LogP contribution in [0.2, 0.25) is 0 Å². The molecular formula is C17H16N2O3. The molecule has 1 heterocycles. The number of benzene rings is 2. The number of oxazole rings is 1. The van der Waals surface area contributed by atoms with Gasteiger partial charge in [0.15, 0.2) is 11.5 Å². The monoisotopic (exact) mass is 296 g/mol. The lowest BCUT2D eigenvalue weighted by atomic mass is 10.1. The lowest BCUT2D eigenvalue weighted by molar-refractivity contribution is -0.115. The highest BCUT2D eigenvalue weighted by atomic mass is 16.5. The Bertz CT molecular complexity index is 824. The highest BCUT2D eigenvalue weighted by Crippen LogP contribution is 2.19. The maximum absolute atomic E-state index is 12.1. The van der Waals surface area contributed by atoms with Crippen molar-refractivity contribution in [3.63, 3.8) is 0 Å². The lowest BCUT2D eigenvalue weighted by Crippen LogP contribution is -2.14. The molecule has 0 spiro atoms. The van der Waals surface area contributed by atoms with Crippen LogP contribution in [0.5, 0.6) is 5.75 Å². The molecule has 2 aromatic carbocycles. The molecule has 0 fully saturated rings. The van der Waals surface area contributed by atoms with Crippen LogP contribution in [0.4, 0.5) is 5.69 Å². The lowest BCUT2D eigenvalue weighted by Gasteiger charge is -2.07. The van der Waals surface area contributed by atoms with Crippen molar-refractivity contribution in [2.45, 2.75) is 13.3 Å². The summed E-state index contributed by atoms with van der Waals surface area (Å²) in [5.41, 5.74) is 3.09. The topological polar surface area (TPSA) is 64.4 Å². The fraction of sp³-hybridized carbons (Fsp3) is 0.176. The number of hydrogen-bond acceptors (Lipinski definition) is 4. The van der Waals surface area contributed by atoms with E-state index in [4.69, 9.17) is 9.15 Å². The summed E-state index contributed by atoms with van der Waals surface area (Å²) in [6.45, 7) is 1.80. The molecule has 1 aromatic heterocycles. The van der Waals surface area contributed by atoms with Crippen LogP contribution in [0.1, 0.15) is 11.5 Å². The second kappa shape index (κ2) is 5.89. The minimum absolute atomic E-state index is 0.0937. The molecule has 0 radical (unpaired) electrons. The number of aryl methyl sites for hydroxylation is 1. The van der Waals surface area contributed by atoms with Crippen LogP contribution in [0.15, 0.2) is 46.9 Å². The third-order valence-electron chi connectivity index (χ3n) is 3.28. The van der Waals surface area contributed by atoms with E-state index in [0.29, 0.717) is 22.9 Å². The van der Waals surface area contributed by atoms with Crippen molar-refractivity contribution in [3.05, 3.63) is 53.9 Å². The summed E-state index contributed by atoms with van der Waals surface area (Å²) in [4.78, 5) is 16.4. The Morgan fingerprint density at radius 1 is 1.27 bits per heavy atom. The van der Waals surface area contributed by atoms with Gasteiger partial charge < -0.3 is 14.5 Å². The van der Waals surface area contributed by atoms with Gasteiger partial charge >= 0.3 is 0 Å². The van der Waals surface area contributed by atoms with E-state index in [1.54, 1.807) is 20.1 Å². The third kappa shape index (κ3) is 3.09. The second-order valence-corrected chi connectivity index (χ2v) is 4.99. The molecule has 112 valence electrons. The number of carbonyl (C=O) groups is 1. The van der Waals surface area contributed by atoms with Crippen LogP contribution in [0, 0.1) is 6.92 Å². The maximum atomic E-state index is 12.1. The van der Waals surface area contributed by atoms with Crippen molar-refractivity contribution in [2.24, 2.45) is 0 Å². The fourth-order valence-corrected chi connectivity index (χ4v) is 2.29. The van der Waals surface area contributed by atoms with E-state index in [-0.39, 0.29) is 12.3 Å². The molecule has 5 heteroatoms. The SMILES string of the molecule is COc1cccc(NC(=O)Cc2ccc3nc(C)oc3c2)c1. The Morgan fingerprint density at radius 3 is 2.95 bits per heavy atom. The van der Waals surface area contributed by atoms with E-state index in [2.05, 4.69) is 10.3 Å². The Balaban J connectivity index is 1.71. The molecule has 0 unspecified atom stereocenters. The van der Waals surface area contributed by atoms with Gasteiger partial charge in [-0.05, 0) is 29.8 Å². The number of methoxy groups -OCH3 is 1. The molecule has 0 saturated carbocycles. The largest absolute Gasteiger partial charge is 0.497 e. The first-order valence-electron chi connectivity index (χ1n) is 6.94. The van der Waals surface area contributed by atoms with Gasteiger partial charge in [-0.1, -0.05) is 12.1 Å². The number of anilines is 1. The minimum Gasteiger partial charge on any atom is -0.497 e. The molecule has 1 amide bonds. The standard InChI is InChI=1S/C17H16N2O3/c1-11-18-15-7-6-12(8-16(15)22-11)9-17(20)19-13-4-3-5-14(10-13)21-2/h3-8,10H,9H2,1-2H3,(H,19,20). The molecule has 0 atom stereocenters. The van der Waals surface area contributed by atoms with Crippen molar-refractivity contribution in [1.29, 1.82) is 0 Å². The van der Waals surface area contributed by atoms with Crippen molar-refractivity contribution < 1.29 is 13.9 Å². The quantitative estimate of drug-likeness (QED) is 0.802. The number of rotatable bonds is 4. The molecular weight excluding hydrogens is 280 g/mol. The number of amides is 1. The molecule has 0 bridgehead atoms. The predicted molar refractivity (Wildman–Crippen MR) is 84.1 cm³/mol. The van der Waals surface area contributed by atoms with Crippen LogP contribution < -0.4 is 10.1 Å². The molecule has 3 aromatic rings. The molecule has 0 aliphatic rings. The Labute approximate surface area is 127 Å². The zero-order valence-corrected chi connectivity index (χ0v) is 12.4. The smallest absolute Gasteiger partial charge is 0.228 e. The molecule has 0 aliphatic carbocycles. The molecule has 3 rings (SSSR count). The number of nitrogens with zero attached hydrogens (tertiary/aromatic N) is 1. The van der Waals surface area contributed by atoms with Gasteiger partial charge in [-0.15, -0.1) is 0 Å². The second-order valence-electron chi connectivity index (χ2n) is 4.99. The number of hydrogen-bond donors (Lipinski definition) is 1. The molecule has 5 nitrogen and oxygen atoms in total. The maximum Gasteiger partial charge on any atom is 0.228 e. The van der Waals surface area contributed by atoms with E-state index in [0.717, 1.165) is 11.1 Å². The average Bonchev–Trinajstić information content (AvgIpc) is 2.86. The Morgan fingerprint density at radius 2 is 2.14 bits per heavy atom. The zero-order valence-electron chi connectivity index (χ0n) is 12.4. The van der Waals surface area contributed by atoms with E-state index >= 15 is 0 Å². The minimum atomic E-state index is -0.0937. The Hall–Kier alpha value is -2.82. The highest BCUT2D eigenvalue weighted by molar-refractivity contribution is 5.92. The van der Waals surface area contributed by atoms with Gasteiger partial charge in [0.1, 0.15) is 11.3 Å². The van der Waals surface area contributed by atoms with Crippen LogP contribution in [0.3, 0.4) is 0 Å². The first kappa shape index (κ1) is 14.1. The van der Waals surface area contributed by atoms with Crippen LogP contribution in [0.25, 0.3) is 11.1 Å². The van der Waals surface area contributed by atoms with Gasteiger partial charge in [0.05, 0.1) is 13.5 Å². The zero-order chi connectivity index (χ0) is 15.5. The van der Waals surface area contributed by atoms with Crippen molar-refractivity contribution in [1.82, 2.24) is 4.98 Å². The molecule has 1 N–H and O–H groups in total. The normalized spacial score (nSPS) is 10.6. The third-order valence-corrected chi connectivity index (χ3v) is 3.28. The summed E-state index contributed by atoms with van der Waals surface area (Å²) < 4.78 is 10.6. The van der Waals surface area contributed by atoms with E-state index in [1.165, 1.54) is 0 Å². The van der Waals surface area contributed by atoms with Gasteiger partial charge in [0.25, 0.3) is 0 Å². The van der Waals surface area contributed by atoms with Gasteiger partial charge in [-0.2, -0.15) is 0 Å². The number of carbonyl (C=O) groups excluding carboxylic acids is 1. The number of nitrogens with one attached hydrogen (secondary N) is 1. The number of ether oxygens (including phenoxy) is 1. The highest BCUT2D eigenvalue weighted by Gasteiger charge is 2.08. The Kier molecular flexibility index (Phi) is 3.78. The van der Waals surface area contributed by atoms with Crippen LogP contribution in [-0.2, 0) is 11.2 Å². The fourth-order valence-electron chi connectivity index (χ4n) is 2.29. The van der Waals surface area contributed by atoms with Crippen molar-refractivity contribution >= 4 is 22.7 Å². The van der Waals surface area contributed by atoms with Gasteiger partial charge in [-0.25, -0.2) is 4.98 Å². The van der Waals surface area contributed by atoms with Gasteiger partial charge in [0.2, 0.25) is 5.91 Å². The summed E-state index contributed by atoms with van der Waals surface area (Å²) in [5, 5.41) is 2.85. The van der Waals surface area contributed by atoms with Crippen molar-refractivity contribution in [2.75, 3.05) is 12.4 Å². The number of aromatic nitrogens is 1. The van der Waals surface area contributed by atoms with E-state index in [1.807, 2.05) is 36.4 Å². The average molecular weight is 296 g/mol. The van der Waals surface area contributed by atoms with E-state index in [9.17, 15) is 4.79 Å². The van der Waals surface area contributed by atoms with E-state index < -0.39 is 0 Å². The van der Waals surface area contributed by atoms with Crippen molar-refractivity contribution in [3.8, 4) is 5.75 Å². The number of fused-ring (bicyclic) bond motifs is 1. The summed E-state index contributed by atoms with van der Waals surface area (Å²) in [6, 6.07) is 12.9. The predicted octanol–water partition coefficient (Wildman–Crippen LogP) is 3.33. The summed E-state index contributed by atoms with van der Waals surface area (Å²) in [5.74, 6) is 1.23. The van der Waals surface area contributed by atoms with Crippen LogP contribution in [-0.4, -0.2) is 18.0 Å². The summed E-state index contributed by atoms with van der Waals surface area (Å²) >= 11 is 0. The first-order valence-corrected chi connectivity index (χ1v) is 6.94. The first-order chi connectivity index (χ1) is 10.6. The summed E-state index contributed by atoms with van der Waals surface area (Å²) in [6.07, 6.45) is 0.271. The molecule has 22 heavy (non-hydrogen) atoms. The van der Waals surface area contributed by atoms with Gasteiger partial charge in [-0.3, -0.25) is 4.79 Å².